The van der Waals surface area contributed by atoms with Crippen molar-refractivity contribution in [3.8, 4) is 0 Å². The lowest BCUT2D eigenvalue weighted by molar-refractivity contribution is -0.123. The predicted molar refractivity (Wildman–Crippen MR) is 92.5 cm³/mol. The molecule has 1 fully saturated rings. The van der Waals surface area contributed by atoms with Gasteiger partial charge in [-0.1, -0.05) is 0 Å². The summed E-state index contributed by atoms with van der Waals surface area (Å²) < 4.78 is 5.11. The molecular weight excluding hydrogens is 328 g/mol. The lowest BCUT2D eigenvalue weighted by atomic mass is 10.1. The minimum Gasteiger partial charge on any atom is -0.462 e. The van der Waals surface area contributed by atoms with Crippen LogP contribution in [0.3, 0.4) is 0 Å². The Hall–Kier alpha value is -2.22. The highest BCUT2D eigenvalue weighted by molar-refractivity contribution is 7.20. The van der Waals surface area contributed by atoms with Crippen molar-refractivity contribution in [3.63, 3.8) is 0 Å². The number of aryl methyl sites for hydroxylation is 2. The number of carbonyl (C=O) groups is 2. The first-order valence-corrected chi connectivity index (χ1v) is 8.82. The summed E-state index contributed by atoms with van der Waals surface area (Å²) in [4.78, 5) is 34.3. The van der Waals surface area contributed by atoms with Crippen molar-refractivity contribution in [2.45, 2.75) is 39.7 Å². The smallest absolute Gasteiger partial charge is 0.348 e. The second-order valence-electron chi connectivity index (χ2n) is 5.71. The number of nitrogens with one attached hydrogen (secondary N) is 2. The molecule has 1 saturated heterocycles. The molecule has 8 heteroatoms. The van der Waals surface area contributed by atoms with Gasteiger partial charge in [0.2, 0.25) is 5.91 Å². The van der Waals surface area contributed by atoms with Gasteiger partial charge in [0.05, 0.1) is 12.0 Å². The Bertz CT molecular complexity index is 802. The van der Waals surface area contributed by atoms with Gasteiger partial charge in [0.1, 0.15) is 27.4 Å². The van der Waals surface area contributed by atoms with Crippen molar-refractivity contribution in [2.75, 3.05) is 18.5 Å². The average molecular weight is 348 g/mol. The number of hydrogen-bond donors (Lipinski definition) is 2. The monoisotopic (exact) mass is 348 g/mol. The zero-order valence-corrected chi connectivity index (χ0v) is 14.7. The molecule has 7 nitrogen and oxygen atoms in total. The Labute approximate surface area is 143 Å². The van der Waals surface area contributed by atoms with Crippen LogP contribution in [0.4, 0.5) is 5.82 Å². The normalized spacial score (nSPS) is 17.6. The van der Waals surface area contributed by atoms with Crippen LogP contribution in [0.2, 0.25) is 0 Å². The van der Waals surface area contributed by atoms with Gasteiger partial charge < -0.3 is 15.4 Å². The fourth-order valence-electron chi connectivity index (χ4n) is 2.82. The molecule has 3 rings (SSSR count). The van der Waals surface area contributed by atoms with Crippen LogP contribution in [-0.4, -0.2) is 41.0 Å². The maximum atomic E-state index is 12.1. The minimum atomic E-state index is -0.350. The predicted octanol–water partition coefficient (Wildman–Crippen LogP) is 2.18. The lowest BCUT2D eigenvalue weighted by Gasteiger charge is -2.23. The number of thiophene rings is 1. The number of anilines is 1. The highest BCUT2D eigenvalue weighted by atomic mass is 32.1. The van der Waals surface area contributed by atoms with E-state index in [4.69, 9.17) is 4.74 Å². The summed E-state index contributed by atoms with van der Waals surface area (Å²) in [6, 6.07) is -0.318. The van der Waals surface area contributed by atoms with Crippen molar-refractivity contribution < 1.29 is 14.3 Å². The maximum absolute atomic E-state index is 12.1. The third kappa shape index (κ3) is 3.06. The van der Waals surface area contributed by atoms with Crippen LogP contribution in [0.25, 0.3) is 10.2 Å². The second-order valence-corrected chi connectivity index (χ2v) is 6.71. The molecule has 0 aliphatic carbocycles. The Morgan fingerprint density at radius 1 is 1.42 bits per heavy atom. The van der Waals surface area contributed by atoms with Gasteiger partial charge in [0.15, 0.2) is 0 Å². The van der Waals surface area contributed by atoms with Gasteiger partial charge >= 0.3 is 5.97 Å². The summed E-state index contributed by atoms with van der Waals surface area (Å²) >= 11 is 1.30. The van der Waals surface area contributed by atoms with Crippen molar-refractivity contribution in [1.82, 2.24) is 15.3 Å². The first-order valence-electron chi connectivity index (χ1n) is 8.00. The molecule has 0 aromatic carbocycles. The number of aromatic nitrogens is 2. The molecule has 0 bridgehead atoms. The Balaban J connectivity index is 2.03. The van der Waals surface area contributed by atoms with E-state index in [1.165, 1.54) is 11.3 Å². The average Bonchev–Trinajstić information content (AvgIpc) is 2.86. The van der Waals surface area contributed by atoms with E-state index >= 15 is 0 Å². The summed E-state index contributed by atoms with van der Waals surface area (Å²) in [6.07, 6.45) is 1.68. The topological polar surface area (TPSA) is 93.2 Å². The number of nitrogens with zero attached hydrogens (tertiary/aromatic N) is 2. The third-order valence-electron chi connectivity index (χ3n) is 3.96. The zero-order chi connectivity index (χ0) is 17.3. The molecule has 1 unspecified atom stereocenters. The Kier molecular flexibility index (Phi) is 4.66. The van der Waals surface area contributed by atoms with Crippen molar-refractivity contribution in [2.24, 2.45) is 0 Å². The molecule has 1 aliphatic rings. The quantitative estimate of drug-likeness (QED) is 0.823. The number of hydrogen-bond acceptors (Lipinski definition) is 7. The lowest BCUT2D eigenvalue weighted by Crippen LogP contribution is -2.44. The number of rotatable bonds is 4. The number of carbonyl (C=O) groups excluding carboxylic acids is 2. The van der Waals surface area contributed by atoms with Gasteiger partial charge in [0.25, 0.3) is 0 Å². The molecule has 2 N–H and O–H groups in total. The summed E-state index contributed by atoms with van der Waals surface area (Å²) in [7, 11) is 0. The number of esters is 1. The molecule has 0 radical (unpaired) electrons. The molecule has 1 amide bonds. The summed E-state index contributed by atoms with van der Waals surface area (Å²) in [5.74, 6) is 0.822. The van der Waals surface area contributed by atoms with E-state index < -0.39 is 0 Å². The first-order chi connectivity index (χ1) is 11.5. The summed E-state index contributed by atoms with van der Waals surface area (Å²) in [5.41, 5.74) is 0.784. The third-order valence-corrected chi connectivity index (χ3v) is 5.12. The number of ether oxygens (including phenoxy) is 1. The fourth-order valence-corrected chi connectivity index (χ4v) is 3.94. The highest BCUT2D eigenvalue weighted by Crippen LogP contribution is 2.34. The molecule has 0 saturated carbocycles. The molecule has 128 valence electrons. The van der Waals surface area contributed by atoms with E-state index in [1.54, 1.807) is 13.8 Å². The van der Waals surface area contributed by atoms with Crippen molar-refractivity contribution in [3.05, 3.63) is 16.3 Å². The van der Waals surface area contributed by atoms with E-state index in [2.05, 4.69) is 20.6 Å². The van der Waals surface area contributed by atoms with E-state index in [-0.39, 0.29) is 17.9 Å². The van der Waals surface area contributed by atoms with Gasteiger partial charge in [-0.05, 0) is 39.2 Å². The Morgan fingerprint density at radius 2 is 2.21 bits per heavy atom. The maximum Gasteiger partial charge on any atom is 0.348 e. The van der Waals surface area contributed by atoms with Crippen molar-refractivity contribution >= 4 is 39.2 Å². The van der Waals surface area contributed by atoms with Gasteiger partial charge in [-0.25, -0.2) is 14.8 Å². The van der Waals surface area contributed by atoms with Gasteiger partial charge in [-0.2, -0.15) is 0 Å². The van der Waals surface area contributed by atoms with E-state index in [1.807, 2.05) is 6.92 Å². The van der Waals surface area contributed by atoms with Gasteiger partial charge in [0, 0.05) is 6.54 Å². The fraction of sp³-hybridized carbons (Fsp3) is 0.500. The molecule has 1 aliphatic heterocycles. The van der Waals surface area contributed by atoms with Crippen LogP contribution in [0, 0.1) is 13.8 Å². The summed E-state index contributed by atoms with van der Waals surface area (Å²) in [5, 5.41) is 6.87. The molecule has 2 aromatic heterocycles. The van der Waals surface area contributed by atoms with Crippen LogP contribution in [0.1, 0.15) is 40.8 Å². The van der Waals surface area contributed by atoms with Crippen molar-refractivity contribution in [1.29, 1.82) is 0 Å². The first kappa shape index (κ1) is 16.6. The highest BCUT2D eigenvalue weighted by Gasteiger charge is 2.26. The van der Waals surface area contributed by atoms with Crippen LogP contribution in [0.5, 0.6) is 0 Å². The van der Waals surface area contributed by atoms with Crippen LogP contribution in [0.15, 0.2) is 0 Å². The zero-order valence-electron chi connectivity index (χ0n) is 13.9. The largest absolute Gasteiger partial charge is 0.462 e. The SMILES string of the molecule is CCOC(=O)c1sc2nc(C)nc(NC3CCCNC3=O)c2c1C. The molecule has 0 spiro atoms. The molecule has 24 heavy (non-hydrogen) atoms. The molecule has 2 aromatic rings. The number of piperidine rings is 1. The Morgan fingerprint density at radius 3 is 2.92 bits per heavy atom. The van der Waals surface area contributed by atoms with Gasteiger partial charge in [-0.3, -0.25) is 4.79 Å². The van der Waals surface area contributed by atoms with Crippen LogP contribution >= 0.6 is 11.3 Å². The standard InChI is InChI=1S/C16H20N4O3S/c1-4-23-16(22)12-8(2)11-13(18-9(3)19-15(11)24-12)20-10-6-5-7-17-14(10)21/h10H,4-7H2,1-3H3,(H,17,21)(H,18,19,20). The number of amides is 1. The van der Waals surface area contributed by atoms with Crippen LogP contribution < -0.4 is 10.6 Å². The van der Waals surface area contributed by atoms with Crippen LogP contribution in [-0.2, 0) is 9.53 Å². The van der Waals surface area contributed by atoms with Gasteiger partial charge in [-0.15, -0.1) is 11.3 Å². The molecular formula is C16H20N4O3S. The summed E-state index contributed by atoms with van der Waals surface area (Å²) in [6.45, 7) is 6.46. The number of fused-ring (bicyclic) bond motifs is 1. The minimum absolute atomic E-state index is 0.0239. The molecule has 3 heterocycles. The van der Waals surface area contributed by atoms with E-state index in [9.17, 15) is 9.59 Å². The van der Waals surface area contributed by atoms with E-state index in [0.717, 1.165) is 28.6 Å². The second kappa shape index (κ2) is 6.72. The van der Waals surface area contributed by atoms with E-state index in [0.29, 0.717) is 29.7 Å². The molecule has 1 atom stereocenters.